The summed E-state index contributed by atoms with van der Waals surface area (Å²) in [6.07, 6.45) is 0. The van der Waals surface area contributed by atoms with Crippen LogP contribution in [0.2, 0.25) is 0 Å². The minimum absolute atomic E-state index is 0.923. The van der Waals surface area contributed by atoms with E-state index in [0.717, 1.165) is 27.6 Å². The third-order valence-corrected chi connectivity index (χ3v) is 8.65. The van der Waals surface area contributed by atoms with Gasteiger partial charge in [-0.1, -0.05) is 66.7 Å². The maximum absolute atomic E-state index is 5.06. The molecule has 9 aromatic rings. The number of aromatic nitrogens is 3. The summed E-state index contributed by atoms with van der Waals surface area (Å²) in [6.45, 7) is 0. The van der Waals surface area contributed by atoms with Crippen LogP contribution in [0.1, 0.15) is 0 Å². The van der Waals surface area contributed by atoms with Crippen LogP contribution in [-0.4, -0.2) is 14.4 Å². The average molecular weight is 476 g/mol. The first-order chi connectivity index (χ1) is 17.8. The van der Waals surface area contributed by atoms with E-state index in [4.69, 9.17) is 9.97 Å². The number of hydrogen-bond acceptors (Lipinski definition) is 3. The van der Waals surface area contributed by atoms with Gasteiger partial charge in [0.05, 0.1) is 22.1 Å². The maximum Gasteiger partial charge on any atom is 0.165 e. The normalized spacial score (nSPS) is 12.4. The summed E-state index contributed by atoms with van der Waals surface area (Å²) in [7, 11) is 0. The van der Waals surface area contributed by atoms with Crippen LogP contribution in [0.5, 0.6) is 0 Å². The Balaban J connectivity index is 1.33. The van der Waals surface area contributed by atoms with Crippen molar-refractivity contribution in [2.75, 3.05) is 0 Å². The van der Waals surface area contributed by atoms with Crippen molar-refractivity contribution >= 4 is 80.9 Å². The van der Waals surface area contributed by atoms with E-state index >= 15 is 0 Å². The van der Waals surface area contributed by atoms with Crippen LogP contribution in [0.15, 0.2) is 103 Å². The molecule has 0 aliphatic rings. The second-order valence-corrected chi connectivity index (χ2v) is 10.5. The lowest BCUT2D eigenvalue weighted by atomic mass is 10.0. The smallest absolute Gasteiger partial charge is 0.165 e. The monoisotopic (exact) mass is 475 g/mol. The summed E-state index contributed by atoms with van der Waals surface area (Å²) in [4.78, 5) is 10.1. The first-order valence-electron chi connectivity index (χ1n) is 12.1. The van der Waals surface area contributed by atoms with Crippen LogP contribution in [0.3, 0.4) is 0 Å². The molecule has 36 heavy (non-hydrogen) atoms. The van der Waals surface area contributed by atoms with E-state index in [2.05, 4.69) is 83.3 Å². The summed E-state index contributed by atoms with van der Waals surface area (Å²) >= 11 is 1.87. The Morgan fingerprint density at radius 3 is 2.19 bits per heavy atom. The molecule has 5 aromatic carbocycles. The Morgan fingerprint density at radius 1 is 0.528 bits per heavy atom. The molecule has 0 spiro atoms. The molecule has 0 bridgehead atoms. The summed E-state index contributed by atoms with van der Waals surface area (Å²) < 4.78 is 4.97. The second-order valence-electron chi connectivity index (χ2n) is 9.46. The predicted molar refractivity (Wildman–Crippen MR) is 153 cm³/mol. The quantitative estimate of drug-likeness (QED) is 0.237. The molecule has 0 saturated carbocycles. The molecule has 4 heteroatoms. The third kappa shape index (κ3) is 2.32. The standard InChI is InChI=1S/C32H17N3S/c1-4-11-28-20(6-1)21-14-12-19(17-29(21)36-28)18-13-15-27-24(16-18)22-7-5-8-23-30-32(35(27)31(22)23)34-26-10-3-2-9-25(26)33-30/h1-17H. The zero-order chi connectivity index (χ0) is 23.4. The van der Waals surface area contributed by atoms with E-state index < -0.39 is 0 Å². The van der Waals surface area contributed by atoms with E-state index in [1.807, 2.05) is 35.6 Å². The first-order valence-corrected chi connectivity index (χ1v) is 12.9. The molecular weight excluding hydrogens is 458 g/mol. The van der Waals surface area contributed by atoms with Gasteiger partial charge >= 0.3 is 0 Å². The van der Waals surface area contributed by atoms with Crippen molar-refractivity contribution in [2.45, 2.75) is 0 Å². The topological polar surface area (TPSA) is 30.2 Å². The van der Waals surface area contributed by atoms with Gasteiger partial charge in [-0.3, -0.25) is 4.40 Å². The highest BCUT2D eigenvalue weighted by atomic mass is 32.1. The molecule has 0 unspecified atom stereocenters. The van der Waals surface area contributed by atoms with Crippen molar-refractivity contribution < 1.29 is 0 Å². The van der Waals surface area contributed by atoms with Crippen molar-refractivity contribution in [1.82, 2.24) is 14.4 Å². The molecule has 0 saturated heterocycles. The van der Waals surface area contributed by atoms with Crippen molar-refractivity contribution in [3.8, 4) is 11.1 Å². The Labute approximate surface area is 209 Å². The van der Waals surface area contributed by atoms with Crippen molar-refractivity contribution in [1.29, 1.82) is 0 Å². The highest BCUT2D eigenvalue weighted by Gasteiger charge is 2.20. The van der Waals surface area contributed by atoms with E-state index in [0.29, 0.717) is 0 Å². The van der Waals surface area contributed by atoms with Crippen LogP contribution < -0.4 is 0 Å². The highest BCUT2D eigenvalue weighted by molar-refractivity contribution is 7.25. The van der Waals surface area contributed by atoms with Crippen LogP contribution in [0.4, 0.5) is 0 Å². The Bertz CT molecular complexity index is 2320. The molecule has 0 amide bonds. The predicted octanol–water partition coefficient (Wildman–Crippen LogP) is 8.81. The molecule has 0 aliphatic heterocycles. The van der Waals surface area contributed by atoms with Gasteiger partial charge in [0.15, 0.2) is 5.65 Å². The van der Waals surface area contributed by atoms with E-state index in [1.165, 1.54) is 53.1 Å². The SMILES string of the molecule is c1ccc2nc3c(nc2c1)c1cccc2c4cc(-c5ccc6c(c5)sc5ccccc56)ccc4n3c21. The molecule has 0 N–H and O–H groups in total. The lowest BCUT2D eigenvalue weighted by Crippen LogP contribution is -1.89. The zero-order valence-corrected chi connectivity index (χ0v) is 19.9. The van der Waals surface area contributed by atoms with Crippen LogP contribution in [0, 0.1) is 0 Å². The van der Waals surface area contributed by atoms with Gasteiger partial charge in [0.1, 0.15) is 5.52 Å². The lowest BCUT2D eigenvalue weighted by molar-refractivity contribution is 1.28. The second kappa shape index (κ2) is 6.56. The zero-order valence-electron chi connectivity index (χ0n) is 19.1. The van der Waals surface area contributed by atoms with Crippen LogP contribution in [-0.2, 0) is 0 Å². The first kappa shape index (κ1) is 18.7. The number of nitrogens with zero attached hydrogens (tertiary/aromatic N) is 3. The molecule has 9 rings (SSSR count). The minimum Gasteiger partial charge on any atom is -0.291 e. The van der Waals surface area contributed by atoms with Gasteiger partial charge in [0.2, 0.25) is 0 Å². The van der Waals surface area contributed by atoms with E-state index in [1.54, 1.807) is 0 Å². The third-order valence-electron chi connectivity index (χ3n) is 7.52. The van der Waals surface area contributed by atoms with Crippen molar-refractivity contribution in [3.63, 3.8) is 0 Å². The van der Waals surface area contributed by atoms with Gasteiger partial charge < -0.3 is 0 Å². The highest BCUT2D eigenvalue weighted by Crippen LogP contribution is 2.41. The minimum atomic E-state index is 0.923. The summed E-state index contributed by atoms with van der Waals surface area (Å²) in [5.41, 5.74) is 8.61. The number of hydrogen-bond donors (Lipinski definition) is 0. The number of benzene rings is 5. The molecule has 0 fully saturated rings. The molecule has 0 radical (unpaired) electrons. The van der Waals surface area contributed by atoms with E-state index in [-0.39, 0.29) is 0 Å². The van der Waals surface area contributed by atoms with E-state index in [9.17, 15) is 0 Å². The largest absolute Gasteiger partial charge is 0.291 e. The fraction of sp³-hybridized carbons (Fsp3) is 0. The maximum atomic E-state index is 5.06. The van der Waals surface area contributed by atoms with Gasteiger partial charge in [-0.15, -0.1) is 11.3 Å². The summed E-state index contributed by atoms with van der Waals surface area (Å²) in [5.74, 6) is 0. The molecule has 0 aliphatic carbocycles. The van der Waals surface area contributed by atoms with Gasteiger partial charge in [0, 0.05) is 36.3 Å². The van der Waals surface area contributed by atoms with Crippen LogP contribution in [0.25, 0.3) is 80.7 Å². The average Bonchev–Trinajstić information content (AvgIpc) is 3.57. The molecule has 3 nitrogen and oxygen atoms in total. The molecule has 4 heterocycles. The van der Waals surface area contributed by atoms with Gasteiger partial charge in [-0.05, 0) is 47.5 Å². The lowest BCUT2D eigenvalue weighted by Gasteiger charge is -2.04. The number of rotatable bonds is 1. The van der Waals surface area contributed by atoms with Crippen molar-refractivity contribution in [2.24, 2.45) is 0 Å². The van der Waals surface area contributed by atoms with Crippen molar-refractivity contribution in [3.05, 3.63) is 103 Å². The molecule has 166 valence electrons. The van der Waals surface area contributed by atoms with Gasteiger partial charge in [0.25, 0.3) is 0 Å². The Morgan fingerprint density at radius 2 is 1.25 bits per heavy atom. The number of thiophene rings is 1. The summed E-state index contributed by atoms with van der Waals surface area (Å²) in [6, 6.07) is 37.0. The molecular formula is C32H17N3S. The fourth-order valence-corrected chi connectivity index (χ4v) is 7.04. The molecule has 4 aromatic heterocycles. The Hall–Kier alpha value is -4.54. The fourth-order valence-electron chi connectivity index (χ4n) is 5.89. The number of fused-ring (bicyclic) bond motifs is 10. The summed E-state index contributed by atoms with van der Waals surface area (Å²) in [5, 5.41) is 6.32. The van der Waals surface area contributed by atoms with Gasteiger partial charge in [-0.2, -0.15) is 0 Å². The van der Waals surface area contributed by atoms with Gasteiger partial charge in [-0.25, -0.2) is 9.97 Å². The number of para-hydroxylation sites is 3. The van der Waals surface area contributed by atoms with Crippen LogP contribution >= 0.6 is 11.3 Å². The Kier molecular flexibility index (Phi) is 3.42. The molecule has 0 atom stereocenters.